The van der Waals surface area contributed by atoms with Gasteiger partial charge in [-0.3, -0.25) is 0 Å². The van der Waals surface area contributed by atoms with Gasteiger partial charge < -0.3 is 14.3 Å². The van der Waals surface area contributed by atoms with Crippen molar-refractivity contribution in [1.29, 1.82) is 0 Å². The molecule has 0 aliphatic carbocycles. The first-order valence-electron chi connectivity index (χ1n) is 7.84. The third kappa shape index (κ3) is 5.14. The van der Waals surface area contributed by atoms with Gasteiger partial charge in [0.15, 0.2) is 17.5 Å². The second-order valence-corrected chi connectivity index (χ2v) is 6.45. The SMILES string of the molecule is CNC(C)Cc1noc(CCc2ncc(-c3ccccc3Br)o2)n1.Cl. The van der Waals surface area contributed by atoms with Crippen LogP contribution in [-0.4, -0.2) is 28.2 Å². The van der Waals surface area contributed by atoms with Gasteiger partial charge in [0, 0.05) is 35.3 Å². The Labute approximate surface area is 161 Å². The highest BCUT2D eigenvalue weighted by atomic mass is 79.9. The Bertz CT molecular complexity index is 805. The third-order valence-corrected chi connectivity index (χ3v) is 4.43. The molecule has 1 aromatic carbocycles. The Morgan fingerprint density at radius 1 is 1.20 bits per heavy atom. The van der Waals surface area contributed by atoms with Gasteiger partial charge in [-0.25, -0.2) is 4.98 Å². The molecule has 0 aliphatic rings. The maximum atomic E-state index is 5.82. The molecule has 0 radical (unpaired) electrons. The molecule has 0 fully saturated rings. The van der Waals surface area contributed by atoms with E-state index in [4.69, 9.17) is 8.94 Å². The maximum Gasteiger partial charge on any atom is 0.227 e. The predicted molar refractivity (Wildman–Crippen MR) is 101 cm³/mol. The van der Waals surface area contributed by atoms with E-state index in [1.165, 1.54) is 0 Å². The number of halogens is 2. The molecule has 0 saturated carbocycles. The summed E-state index contributed by atoms with van der Waals surface area (Å²) in [6, 6.07) is 8.21. The molecule has 2 aromatic heterocycles. The normalized spacial score (nSPS) is 12.0. The van der Waals surface area contributed by atoms with Crippen LogP contribution in [-0.2, 0) is 19.3 Å². The van der Waals surface area contributed by atoms with Crippen LogP contribution in [0, 0.1) is 0 Å². The summed E-state index contributed by atoms with van der Waals surface area (Å²) in [5, 5.41) is 7.15. The van der Waals surface area contributed by atoms with Crippen molar-refractivity contribution in [2.45, 2.75) is 32.2 Å². The van der Waals surface area contributed by atoms with E-state index >= 15 is 0 Å². The number of aromatic nitrogens is 3. The van der Waals surface area contributed by atoms with E-state index in [1.807, 2.05) is 31.3 Å². The second kappa shape index (κ2) is 9.12. The van der Waals surface area contributed by atoms with Crippen molar-refractivity contribution in [3.05, 3.63) is 52.5 Å². The highest BCUT2D eigenvalue weighted by Crippen LogP contribution is 2.28. The number of rotatable bonds is 7. The molecular formula is C17H20BrClN4O2. The van der Waals surface area contributed by atoms with E-state index in [1.54, 1.807) is 6.20 Å². The summed E-state index contributed by atoms with van der Waals surface area (Å²) in [6.07, 6.45) is 3.71. The van der Waals surface area contributed by atoms with Crippen molar-refractivity contribution in [2.24, 2.45) is 0 Å². The molecule has 1 atom stereocenters. The van der Waals surface area contributed by atoms with Crippen molar-refractivity contribution in [3.8, 4) is 11.3 Å². The lowest BCUT2D eigenvalue weighted by Gasteiger charge is -2.04. The van der Waals surface area contributed by atoms with Gasteiger partial charge in [0.05, 0.1) is 6.20 Å². The summed E-state index contributed by atoms with van der Waals surface area (Å²) in [5.74, 6) is 2.72. The number of aryl methyl sites for hydroxylation is 2. The average Bonchev–Trinajstić information content (AvgIpc) is 3.22. The lowest BCUT2D eigenvalue weighted by atomic mass is 10.2. The quantitative estimate of drug-likeness (QED) is 0.617. The first kappa shape index (κ1) is 19.6. The van der Waals surface area contributed by atoms with Crippen LogP contribution in [0.15, 0.2) is 43.9 Å². The minimum absolute atomic E-state index is 0. The molecule has 3 aromatic rings. The van der Waals surface area contributed by atoms with E-state index in [0.29, 0.717) is 36.5 Å². The van der Waals surface area contributed by atoms with Gasteiger partial charge in [0.25, 0.3) is 0 Å². The Hall–Kier alpha value is -1.70. The molecule has 134 valence electrons. The number of hydrogen-bond donors (Lipinski definition) is 1. The summed E-state index contributed by atoms with van der Waals surface area (Å²) in [4.78, 5) is 8.73. The summed E-state index contributed by atoms with van der Waals surface area (Å²) in [5.41, 5.74) is 0.984. The van der Waals surface area contributed by atoms with E-state index in [-0.39, 0.29) is 12.4 Å². The zero-order valence-electron chi connectivity index (χ0n) is 14.0. The predicted octanol–water partition coefficient (Wildman–Crippen LogP) is 3.84. The fourth-order valence-corrected chi connectivity index (χ4v) is 2.76. The molecular weight excluding hydrogens is 408 g/mol. The number of likely N-dealkylation sites (N-methyl/N-ethyl adjacent to an activating group) is 1. The van der Waals surface area contributed by atoms with Crippen molar-refractivity contribution in [2.75, 3.05) is 7.05 Å². The van der Waals surface area contributed by atoms with Crippen LogP contribution in [0.2, 0.25) is 0 Å². The largest absolute Gasteiger partial charge is 0.441 e. The van der Waals surface area contributed by atoms with Gasteiger partial charge in [-0.05, 0) is 20.0 Å². The van der Waals surface area contributed by atoms with Gasteiger partial charge >= 0.3 is 0 Å². The molecule has 0 bridgehead atoms. The van der Waals surface area contributed by atoms with Gasteiger partial charge in [0.2, 0.25) is 5.89 Å². The summed E-state index contributed by atoms with van der Waals surface area (Å²) in [6.45, 7) is 2.08. The molecule has 6 nitrogen and oxygen atoms in total. The van der Waals surface area contributed by atoms with Crippen molar-refractivity contribution >= 4 is 28.3 Å². The Morgan fingerprint density at radius 3 is 2.72 bits per heavy atom. The Kier molecular flexibility index (Phi) is 7.16. The molecule has 25 heavy (non-hydrogen) atoms. The molecule has 3 rings (SSSR count). The standard InChI is InChI=1S/C17H19BrN4O2.ClH/c1-11(19-2)9-15-21-17(24-22-15)8-7-16-20-10-14(23-16)12-5-3-4-6-13(12)18;/h3-6,10-11,19H,7-9H2,1-2H3;1H. The first-order chi connectivity index (χ1) is 11.7. The monoisotopic (exact) mass is 426 g/mol. The minimum Gasteiger partial charge on any atom is -0.441 e. The smallest absolute Gasteiger partial charge is 0.227 e. The van der Waals surface area contributed by atoms with Crippen LogP contribution in [0.25, 0.3) is 11.3 Å². The van der Waals surface area contributed by atoms with E-state index in [2.05, 4.69) is 43.3 Å². The lowest BCUT2D eigenvalue weighted by molar-refractivity contribution is 0.366. The Balaban J connectivity index is 0.00000225. The van der Waals surface area contributed by atoms with E-state index in [9.17, 15) is 0 Å². The highest BCUT2D eigenvalue weighted by molar-refractivity contribution is 9.10. The second-order valence-electron chi connectivity index (χ2n) is 5.60. The molecule has 1 N–H and O–H groups in total. The van der Waals surface area contributed by atoms with Crippen LogP contribution in [0.1, 0.15) is 24.5 Å². The molecule has 0 aliphatic heterocycles. The van der Waals surface area contributed by atoms with Crippen LogP contribution in [0.5, 0.6) is 0 Å². The molecule has 1 unspecified atom stereocenters. The van der Waals surface area contributed by atoms with Crippen LogP contribution in [0.3, 0.4) is 0 Å². The van der Waals surface area contributed by atoms with Crippen LogP contribution >= 0.6 is 28.3 Å². The number of benzene rings is 1. The number of nitrogens with zero attached hydrogens (tertiary/aromatic N) is 3. The fourth-order valence-electron chi connectivity index (χ4n) is 2.28. The van der Waals surface area contributed by atoms with Crippen LogP contribution in [0.4, 0.5) is 0 Å². The minimum atomic E-state index is 0. The topological polar surface area (TPSA) is 77.0 Å². The van der Waals surface area contributed by atoms with Gasteiger partial charge in [0.1, 0.15) is 0 Å². The summed E-state index contributed by atoms with van der Waals surface area (Å²) < 4.78 is 12.1. The van der Waals surface area contributed by atoms with Crippen molar-refractivity contribution < 1.29 is 8.94 Å². The number of nitrogens with one attached hydrogen (secondary N) is 1. The molecule has 0 amide bonds. The lowest BCUT2D eigenvalue weighted by Crippen LogP contribution is -2.24. The zero-order chi connectivity index (χ0) is 16.9. The highest BCUT2D eigenvalue weighted by Gasteiger charge is 2.12. The zero-order valence-corrected chi connectivity index (χ0v) is 16.4. The summed E-state index contributed by atoms with van der Waals surface area (Å²) >= 11 is 3.52. The molecule has 0 spiro atoms. The first-order valence-corrected chi connectivity index (χ1v) is 8.63. The maximum absolute atomic E-state index is 5.82. The summed E-state index contributed by atoms with van der Waals surface area (Å²) in [7, 11) is 1.91. The van der Waals surface area contributed by atoms with Crippen molar-refractivity contribution in [3.63, 3.8) is 0 Å². The van der Waals surface area contributed by atoms with E-state index in [0.717, 1.165) is 22.2 Å². The Morgan fingerprint density at radius 2 is 1.96 bits per heavy atom. The molecule has 0 saturated heterocycles. The fraction of sp³-hybridized carbons (Fsp3) is 0.353. The number of oxazole rings is 1. The van der Waals surface area contributed by atoms with Crippen LogP contribution < -0.4 is 5.32 Å². The number of hydrogen-bond acceptors (Lipinski definition) is 6. The molecule has 8 heteroatoms. The van der Waals surface area contributed by atoms with E-state index < -0.39 is 0 Å². The molecule has 2 heterocycles. The van der Waals surface area contributed by atoms with Gasteiger partial charge in [-0.2, -0.15) is 4.98 Å². The third-order valence-electron chi connectivity index (χ3n) is 3.74. The average molecular weight is 428 g/mol. The van der Waals surface area contributed by atoms with Crippen molar-refractivity contribution in [1.82, 2.24) is 20.4 Å². The van der Waals surface area contributed by atoms with Gasteiger partial charge in [-0.15, -0.1) is 12.4 Å². The van der Waals surface area contributed by atoms with Gasteiger partial charge in [-0.1, -0.05) is 39.3 Å².